The Kier molecular flexibility index (Phi) is 7.22. The van der Waals surface area contributed by atoms with E-state index in [4.69, 9.17) is 10.5 Å². The zero-order chi connectivity index (χ0) is 23.1. The van der Waals surface area contributed by atoms with Gasteiger partial charge in [0.25, 0.3) is 5.91 Å². The predicted molar refractivity (Wildman–Crippen MR) is 124 cm³/mol. The summed E-state index contributed by atoms with van der Waals surface area (Å²) >= 11 is 0. The Balaban J connectivity index is 1.63. The molecule has 3 rings (SSSR count). The van der Waals surface area contributed by atoms with E-state index in [0.29, 0.717) is 29.2 Å². The van der Waals surface area contributed by atoms with Crippen LogP contribution in [0, 0.1) is 12.8 Å². The van der Waals surface area contributed by atoms with Gasteiger partial charge >= 0.3 is 5.97 Å². The average molecular weight is 435 g/mol. The number of hydrogen-bond donors (Lipinski definition) is 4. The number of benzene rings is 2. The number of ether oxygens (including phenoxy) is 1. The molecule has 2 aromatic carbocycles. The Morgan fingerprint density at radius 3 is 2.25 bits per heavy atom. The SMILES string of the molecule is Cc1ccc(C(=O)NNc2ncnc(Nc3ccc(C(=O)OCC(C)C)cc3)c2N)cc1. The summed E-state index contributed by atoms with van der Waals surface area (Å²) in [5.74, 6) is 0.171. The quantitative estimate of drug-likeness (QED) is 0.312. The molecular formula is C23H26N6O3. The largest absolute Gasteiger partial charge is 0.462 e. The lowest BCUT2D eigenvalue weighted by Crippen LogP contribution is -2.30. The fourth-order valence-electron chi connectivity index (χ4n) is 2.64. The first-order chi connectivity index (χ1) is 15.3. The Labute approximate surface area is 186 Å². The molecule has 0 spiro atoms. The lowest BCUT2D eigenvalue weighted by molar-refractivity contribution is 0.0459. The van der Waals surface area contributed by atoms with Gasteiger partial charge in [-0.1, -0.05) is 31.5 Å². The lowest BCUT2D eigenvalue weighted by atomic mass is 10.1. The molecule has 0 bridgehead atoms. The highest BCUT2D eigenvalue weighted by molar-refractivity contribution is 5.95. The Bertz CT molecular complexity index is 1080. The van der Waals surface area contributed by atoms with Crippen molar-refractivity contribution in [2.75, 3.05) is 23.1 Å². The maximum Gasteiger partial charge on any atom is 0.338 e. The normalized spacial score (nSPS) is 10.5. The van der Waals surface area contributed by atoms with Crippen molar-refractivity contribution >= 4 is 34.9 Å². The number of rotatable bonds is 8. The van der Waals surface area contributed by atoms with Crippen LogP contribution in [0.4, 0.5) is 23.0 Å². The van der Waals surface area contributed by atoms with E-state index in [9.17, 15) is 9.59 Å². The first kappa shape index (κ1) is 22.5. The van der Waals surface area contributed by atoms with E-state index in [0.717, 1.165) is 5.56 Å². The van der Waals surface area contributed by atoms with E-state index < -0.39 is 0 Å². The van der Waals surface area contributed by atoms with Crippen LogP contribution < -0.4 is 21.9 Å². The summed E-state index contributed by atoms with van der Waals surface area (Å²) in [7, 11) is 0. The minimum Gasteiger partial charge on any atom is -0.462 e. The molecule has 0 saturated carbocycles. The molecule has 0 unspecified atom stereocenters. The van der Waals surface area contributed by atoms with Gasteiger partial charge in [-0.2, -0.15) is 0 Å². The van der Waals surface area contributed by atoms with Crippen molar-refractivity contribution in [1.82, 2.24) is 15.4 Å². The number of nitrogens with two attached hydrogens (primary N) is 1. The number of carbonyl (C=O) groups excluding carboxylic acids is 2. The number of nitrogens with zero attached hydrogens (tertiary/aromatic N) is 2. The van der Waals surface area contributed by atoms with Gasteiger partial charge in [-0.05, 0) is 49.2 Å². The zero-order valence-electron chi connectivity index (χ0n) is 18.2. The van der Waals surface area contributed by atoms with Crippen LogP contribution in [0.1, 0.15) is 40.1 Å². The maximum atomic E-state index is 12.3. The highest BCUT2D eigenvalue weighted by atomic mass is 16.5. The van der Waals surface area contributed by atoms with E-state index in [-0.39, 0.29) is 29.3 Å². The van der Waals surface area contributed by atoms with Gasteiger partial charge in [-0.15, -0.1) is 0 Å². The second-order valence-electron chi connectivity index (χ2n) is 7.62. The highest BCUT2D eigenvalue weighted by Gasteiger charge is 2.12. The van der Waals surface area contributed by atoms with Gasteiger partial charge in [0.05, 0.1) is 12.2 Å². The molecule has 3 aromatic rings. The summed E-state index contributed by atoms with van der Waals surface area (Å²) in [5, 5.41) is 3.07. The molecule has 1 aromatic heterocycles. The third-order valence-corrected chi connectivity index (χ3v) is 4.42. The van der Waals surface area contributed by atoms with Crippen LogP contribution in [0.5, 0.6) is 0 Å². The van der Waals surface area contributed by atoms with Crippen molar-refractivity contribution in [3.8, 4) is 0 Å². The number of hydrogen-bond acceptors (Lipinski definition) is 8. The van der Waals surface area contributed by atoms with E-state index in [2.05, 4.69) is 26.1 Å². The summed E-state index contributed by atoms with van der Waals surface area (Å²) in [6.45, 7) is 6.27. The fraction of sp³-hybridized carbons (Fsp3) is 0.217. The van der Waals surface area contributed by atoms with Gasteiger partial charge < -0.3 is 15.8 Å². The molecule has 1 heterocycles. The average Bonchev–Trinajstić information content (AvgIpc) is 2.78. The minimum absolute atomic E-state index is 0.220. The molecule has 9 nitrogen and oxygen atoms in total. The summed E-state index contributed by atoms with van der Waals surface area (Å²) < 4.78 is 5.22. The summed E-state index contributed by atoms with van der Waals surface area (Å²) in [5.41, 5.74) is 14.3. The number of anilines is 4. The zero-order valence-corrected chi connectivity index (χ0v) is 18.2. The Morgan fingerprint density at radius 1 is 0.969 bits per heavy atom. The Morgan fingerprint density at radius 2 is 1.59 bits per heavy atom. The van der Waals surface area contributed by atoms with Crippen LogP contribution in [0.15, 0.2) is 54.9 Å². The number of nitrogen functional groups attached to an aromatic ring is 1. The molecule has 0 fully saturated rings. The smallest absolute Gasteiger partial charge is 0.338 e. The van der Waals surface area contributed by atoms with Crippen LogP contribution in [-0.2, 0) is 4.74 Å². The summed E-state index contributed by atoms with van der Waals surface area (Å²) in [6.07, 6.45) is 1.32. The van der Waals surface area contributed by atoms with Gasteiger partial charge in [-0.3, -0.25) is 15.6 Å². The molecule has 0 saturated heterocycles. The molecule has 0 radical (unpaired) electrons. The van der Waals surface area contributed by atoms with Crippen molar-refractivity contribution in [2.24, 2.45) is 5.92 Å². The maximum absolute atomic E-state index is 12.3. The second-order valence-corrected chi connectivity index (χ2v) is 7.62. The number of hydrazine groups is 1. The fourth-order valence-corrected chi connectivity index (χ4v) is 2.64. The second kappa shape index (κ2) is 10.3. The van der Waals surface area contributed by atoms with E-state index >= 15 is 0 Å². The number of carbonyl (C=O) groups is 2. The van der Waals surface area contributed by atoms with Gasteiger partial charge in [0.2, 0.25) is 0 Å². The minimum atomic E-state index is -0.373. The number of nitrogens with one attached hydrogen (secondary N) is 3. The van der Waals surface area contributed by atoms with Gasteiger partial charge in [-0.25, -0.2) is 14.8 Å². The molecule has 0 aliphatic carbocycles. The molecule has 0 atom stereocenters. The Hall–Kier alpha value is -4.14. The molecule has 32 heavy (non-hydrogen) atoms. The van der Waals surface area contributed by atoms with Crippen LogP contribution in [0.2, 0.25) is 0 Å². The van der Waals surface area contributed by atoms with E-state index in [1.807, 2.05) is 32.9 Å². The monoisotopic (exact) mass is 434 g/mol. The van der Waals surface area contributed by atoms with Crippen molar-refractivity contribution in [1.29, 1.82) is 0 Å². The number of esters is 1. The number of aryl methyl sites for hydroxylation is 1. The summed E-state index contributed by atoms with van der Waals surface area (Å²) in [4.78, 5) is 32.5. The summed E-state index contributed by atoms with van der Waals surface area (Å²) in [6, 6.07) is 13.9. The van der Waals surface area contributed by atoms with Crippen molar-refractivity contribution < 1.29 is 14.3 Å². The van der Waals surface area contributed by atoms with Crippen molar-refractivity contribution in [3.05, 3.63) is 71.5 Å². The van der Waals surface area contributed by atoms with Gasteiger partial charge in [0.1, 0.15) is 12.0 Å². The molecule has 0 aliphatic heterocycles. The van der Waals surface area contributed by atoms with E-state index in [1.165, 1.54) is 6.33 Å². The predicted octanol–water partition coefficient (Wildman–Crippen LogP) is 3.68. The number of aromatic nitrogens is 2. The first-order valence-electron chi connectivity index (χ1n) is 10.1. The van der Waals surface area contributed by atoms with Crippen molar-refractivity contribution in [3.63, 3.8) is 0 Å². The standard InChI is InChI=1S/C23H26N6O3/c1-14(2)12-32-23(31)17-8-10-18(11-9-17)27-20-19(24)21(26-13-25-20)28-29-22(30)16-6-4-15(3)5-7-16/h4-11,13-14H,12,24H2,1-3H3,(H,29,30)(H2,25,26,27,28). The molecule has 166 valence electrons. The highest BCUT2D eigenvalue weighted by Crippen LogP contribution is 2.25. The molecule has 0 aliphatic rings. The third kappa shape index (κ3) is 5.94. The van der Waals surface area contributed by atoms with Crippen molar-refractivity contribution in [2.45, 2.75) is 20.8 Å². The molecule has 9 heteroatoms. The van der Waals surface area contributed by atoms with Crippen LogP contribution >= 0.6 is 0 Å². The number of amides is 1. The first-order valence-corrected chi connectivity index (χ1v) is 10.1. The van der Waals surface area contributed by atoms with Crippen LogP contribution in [0.25, 0.3) is 0 Å². The topological polar surface area (TPSA) is 131 Å². The van der Waals surface area contributed by atoms with Gasteiger partial charge in [0, 0.05) is 11.3 Å². The van der Waals surface area contributed by atoms with Gasteiger partial charge in [0.15, 0.2) is 11.6 Å². The molecule has 5 N–H and O–H groups in total. The molecule has 1 amide bonds. The lowest BCUT2D eigenvalue weighted by Gasteiger charge is -2.13. The van der Waals surface area contributed by atoms with E-state index in [1.54, 1.807) is 36.4 Å². The molecular weight excluding hydrogens is 408 g/mol. The van der Waals surface area contributed by atoms with Crippen LogP contribution in [0.3, 0.4) is 0 Å². The third-order valence-electron chi connectivity index (χ3n) is 4.42. The van der Waals surface area contributed by atoms with Crippen LogP contribution in [-0.4, -0.2) is 28.5 Å².